The molecule has 0 bridgehead atoms. The zero-order valence-corrected chi connectivity index (χ0v) is 24.5. The summed E-state index contributed by atoms with van der Waals surface area (Å²) in [4.78, 5) is 45.4. The minimum Gasteiger partial charge on any atom is -0.398 e. The lowest BCUT2D eigenvalue weighted by atomic mass is 10.1. The molecule has 4 heterocycles. The molecule has 1 fully saturated rings. The van der Waals surface area contributed by atoms with Gasteiger partial charge in [-0.05, 0) is 37.3 Å². The van der Waals surface area contributed by atoms with Crippen LogP contribution in [-0.4, -0.2) is 77.2 Å². The molecular weight excluding hydrogens is 594 g/mol. The zero-order valence-electron chi connectivity index (χ0n) is 23.7. The number of sulfone groups is 1. The van der Waals surface area contributed by atoms with E-state index in [1.165, 1.54) is 36.2 Å². The molecular formula is C29H26F2N8O4S. The highest BCUT2D eigenvalue weighted by Crippen LogP contribution is 2.35. The Bertz CT molecular complexity index is 2040. The highest BCUT2D eigenvalue weighted by atomic mass is 32.2. The summed E-state index contributed by atoms with van der Waals surface area (Å²) >= 11 is 0. The molecule has 5 rings (SSSR count). The van der Waals surface area contributed by atoms with E-state index < -0.39 is 38.9 Å². The van der Waals surface area contributed by atoms with Gasteiger partial charge in [0, 0.05) is 37.8 Å². The van der Waals surface area contributed by atoms with Crippen molar-refractivity contribution in [2.24, 2.45) is 0 Å². The third-order valence-electron chi connectivity index (χ3n) is 7.32. The van der Waals surface area contributed by atoms with Crippen molar-refractivity contribution in [1.82, 2.24) is 24.4 Å². The zero-order chi connectivity index (χ0) is 31.9. The average molecular weight is 621 g/mol. The molecule has 0 aliphatic carbocycles. The van der Waals surface area contributed by atoms with E-state index in [1.54, 1.807) is 4.90 Å². The minimum atomic E-state index is -3.94. The first kappa shape index (κ1) is 30.2. The van der Waals surface area contributed by atoms with E-state index >= 15 is 8.78 Å². The lowest BCUT2D eigenvalue weighted by Gasteiger charge is -2.39. The summed E-state index contributed by atoms with van der Waals surface area (Å²) in [6, 6.07) is 5.37. The smallest absolute Gasteiger partial charge is 0.355 e. The van der Waals surface area contributed by atoms with Gasteiger partial charge in [0.15, 0.2) is 21.3 Å². The van der Waals surface area contributed by atoms with Crippen LogP contribution in [0.25, 0.3) is 32.8 Å². The highest BCUT2D eigenvalue weighted by Gasteiger charge is 2.34. The number of pyridine rings is 2. The molecule has 1 aliphatic heterocycles. The van der Waals surface area contributed by atoms with Crippen molar-refractivity contribution >= 4 is 38.3 Å². The van der Waals surface area contributed by atoms with Crippen LogP contribution < -0.4 is 16.3 Å². The average Bonchev–Trinajstić information content (AvgIpc) is 2.97. The van der Waals surface area contributed by atoms with Crippen LogP contribution in [0.1, 0.15) is 5.69 Å². The van der Waals surface area contributed by atoms with Crippen LogP contribution in [0.2, 0.25) is 0 Å². The van der Waals surface area contributed by atoms with Gasteiger partial charge in [-0.3, -0.25) is 9.78 Å². The number of aromatic nitrogens is 4. The molecule has 12 nitrogen and oxygen atoms in total. The van der Waals surface area contributed by atoms with E-state index in [1.807, 2.05) is 0 Å². The standard InChI is InChI=1S/C29H26F2N8O4S/c1-5-23(40)37-11-12-38(17(15-37)14-33-3)27-18-13-20(31)25(24-19(30)7-6-8-21(24)32)35-28(18)39(29(41)36-27)26-16(2)34-10-9-22(26)44(4,42)43/h5-10,13,17H,1,11-12,14-15,32H2,2,4H3/t17-/m0/s1. The van der Waals surface area contributed by atoms with Gasteiger partial charge in [0.25, 0.3) is 0 Å². The Morgan fingerprint density at radius 1 is 1.23 bits per heavy atom. The number of amides is 1. The number of nitrogen functional groups attached to an aromatic ring is 1. The van der Waals surface area contributed by atoms with Gasteiger partial charge in [0.05, 0.1) is 27.2 Å². The van der Waals surface area contributed by atoms with Gasteiger partial charge in [-0.25, -0.2) is 38.1 Å². The predicted molar refractivity (Wildman–Crippen MR) is 160 cm³/mol. The van der Waals surface area contributed by atoms with Crippen molar-refractivity contribution < 1.29 is 22.0 Å². The number of piperazine rings is 1. The van der Waals surface area contributed by atoms with Gasteiger partial charge in [0.1, 0.15) is 23.4 Å². The maximum absolute atomic E-state index is 15.9. The molecule has 3 aromatic heterocycles. The Morgan fingerprint density at radius 2 is 1.98 bits per heavy atom. The number of anilines is 2. The second-order valence-corrected chi connectivity index (χ2v) is 12.1. The van der Waals surface area contributed by atoms with Gasteiger partial charge >= 0.3 is 5.69 Å². The number of fused-ring (bicyclic) bond motifs is 1. The maximum atomic E-state index is 15.9. The first-order valence-electron chi connectivity index (χ1n) is 13.2. The number of rotatable bonds is 6. The molecule has 15 heteroatoms. The third-order valence-corrected chi connectivity index (χ3v) is 8.45. The number of nitrogens with zero attached hydrogens (tertiary/aromatic N) is 7. The molecule has 0 unspecified atom stereocenters. The highest BCUT2D eigenvalue weighted by molar-refractivity contribution is 7.90. The van der Waals surface area contributed by atoms with Crippen LogP contribution in [-0.2, 0) is 14.6 Å². The monoisotopic (exact) mass is 620 g/mol. The lowest BCUT2D eigenvalue weighted by Crippen LogP contribution is -2.56. The van der Waals surface area contributed by atoms with Crippen LogP contribution in [0.5, 0.6) is 0 Å². The molecule has 1 saturated heterocycles. The lowest BCUT2D eigenvalue weighted by molar-refractivity contribution is -0.126. The summed E-state index contributed by atoms with van der Waals surface area (Å²) < 4.78 is 57.4. The van der Waals surface area contributed by atoms with Gasteiger partial charge in [0.2, 0.25) is 12.5 Å². The molecule has 1 aromatic carbocycles. The molecule has 0 radical (unpaired) electrons. The van der Waals surface area contributed by atoms with E-state index in [9.17, 15) is 18.0 Å². The first-order valence-corrected chi connectivity index (χ1v) is 15.1. The second-order valence-electron chi connectivity index (χ2n) is 10.1. The van der Waals surface area contributed by atoms with E-state index in [2.05, 4.69) is 26.4 Å². The van der Waals surface area contributed by atoms with Crippen molar-refractivity contribution in [1.29, 1.82) is 0 Å². The van der Waals surface area contributed by atoms with Gasteiger partial charge in [-0.1, -0.05) is 12.6 Å². The number of carbonyl (C=O) groups is 1. The number of hydrogen-bond acceptors (Lipinski definition) is 9. The SMILES string of the molecule is [C-]#[N+]C[C@H]1CN(C(=O)C=C)CCN1c1nc(=O)n(-c2c(S(C)(=O)=O)ccnc2C)c2nc(-c3c(N)cccc3F)c(F)cc12. The summed E-state index contributed by atoms with van der Waals surface area (Å²) in [6.07, 6.45) is 3.38. The van der Waals surface area contributed by atoms with Crippen LogP contribution in [0.3, 0.4) is 0 Å². The minimum absolute atomic E-state index is 0.0260. The number of aryl methyl sites for hydroxylation is 1. The molecule has 1 amide bonds. The number of nitrogens with two attached hydrogens (primary N) is 1. The van der Waals surface area contributed by atoms with Crippen LogP contribution in [0, 0.1) is 25.1 Å². The van der Waals surface area contributed by atoms with E-state index in [0.29, 0.717) is 0 Å². The molecule has 1 aliphatic rings. The third kappa shape index (κ3) is 5.24. The summed E-state index contributed by atoms with van der Waals surface area (Å²) in [5.74, 6) is -2.24. The van der Waals surface area contributed by atoms with Crippen molar-refractivity contribution in [3.05, 3.63) is 88.4 Å². The Kier molecular flexibility index (Phi) is 7.87. The quantitative estimate of drug-likeness (QED) is 0.195. The van der Waals surface area contributed by atoms with Crippen LogP contribution >= 0.6 is 0 Å². The number of hydrogen-bond donors (Lipinski definition) is 1. The number of carbonyl (C=O) groups excluding carboxylic acids is 1. The fraction of sp³-hybridized carbons (Fsp3) is 0.241. The summed E-state index contributed by atoms with van der Waals surface area (Å²) in [6.45, 7) is 12.8. The molecule has 226 valence electrons. The summed E-state index contributed by atoms with van der Waals surface area (Å²) in [5.41, 5.74) is 3.77. The summed E-state index contributed by atoms with van der Waals surface area (Å²) in [5, 5.41) is -0.0260. The molecule has 2 N–H and O–H groups in total. The maximum Gasteiger partial charge on any atom is 0.355 e. The van der Waals surface area contributed by atoms with Crippen LogP contribution in [0.15, 0.2) is 58.9 Å². The van der Waals surface area contributed by atoms with Crippen molar-refractivity contribution in [2.75, 3.05) is 43.1 Å². The van der Waals surface area contributed by atoms with Gasteiger partial charge in [-0.2, -0.15) is 4.98 Å². The summed E-state index contributed by atoms with van der Waals surface area (Å²) in [7, 11) is -3.94. The topological polar surface area (TPSA) is 149 Å². The molecule has 1 atom stereocenters. The van der Waals surface area contributed by atoms with Crippen molar-refractivity contribution in [3.8, 4) is 16.9 Å². The fourth-order valence-corrected chi connectivity index (χ4v) is 6.22. The largest absolute Gasteiger partial charge is 0.398 e. The Balaban J connectivity index is 1.88. The first-order chi connectivity index (χ1) is 20.9. The Labute approximate surface area is 250 Å². The molecule has 44 heavy (non-hydrogen) atoms. The number of halogens is 2. The molecule has 0 saturated carbocycles. The van der Waals surface area contributed by atoms with E-state index in [4.69, 9.17) is 12.3 Å². The fourth-order valence-electron chi connectivity index (χ4n) is 5.32. The van der Waals surface area contributed by atoms with Crippen molar-refractivity contribution in [3.63, 3.8) is 0 Å². The molecule has 4 aromatic rings. The second kappa shape index (κ2) is 11.5. The van der Waals surface area contributed by atoms with Crippen LogP contribution in [0.4, 0.5) is 20.3 Å². The van der Waals surface area contributed by atoms with Gasteiger partial charge < -0.3 is 20.4 Å². The Morgan fingerprint density at radius 3 is 2.64 bits per heavy atom. The van der Waals surface area contributed by atoms with Gasteiger partial charge in [-0.15, -0.1) is 0 Å². The molecule has 0 spiro atoms. The Hall–Kier alpha value is -5.23. The predicted octanol–water partition coefficient (Wildman–Crippen LogP) is 2.54. The van der Waals surface area contributed by atoms with Crippen molar-refractivity contribution in [2.45, 2.75) is 17.9 Å². The van der Waals surface area contributed by atoms with E-state index in [0.717, 1.165) is 29.0 Å². The number of benzene rings is 1. The van der Waals surface area contributed by atoms with E-state index in [-0.39, 0.29) is 76.5 Å². The normalized spacial score (nSPS) is 15.3.